The van der Waals surface area contributed by atoms with Gasteiger partial charge in [-0.25, -0.2) is 9.59 Å². The third kappa shape index (κ3) is 2.45. The summed E-state index contributed by atoms with van der Waals surface area (Å²) >= 11 is 0. The van der Waals surface area contributed by atoms with Crippen molar-refractivity contribution in [3.05, 3.63) is 52.2 Å². The summed E-state index contributed by atoms with van der Waals surface area (Å²) in [7, 11) is 1.83. The first-order chi connectivity index (χ1) is 10.0. The summed E-state index contributed by atoms with van der Waals surface area (Å²) in [6.45, 7) is 0.466. The van der Waals surface area contributed by atoms with Gasteiger partial charge in [0.05, 0.1) is 22.8 Å². The number of rotatable bonds is 4. The monoisotopic (exact) mass is 286 g/mol. The number of nitrogens with one attached hydrogen (secondary N) is 1. The van der Waals surface area contributed by atoms with E-state index in [4.69, 9.17) is 5.11 Å². The maximum atomic E-state index is 12.0. The van der Waals surface area contributed by atoms with Crippen molar-refractivity contribution in [1.29, 1.82) is 0 Å². The van der Waals surface area contributed by atoms with E-state index in [0.717, 1.165) is 5.56 Å². The van der Waals surface area contributed by atoms with Crippen molar-refractivity contribution < 1.29 is 9.90 Å². The Balaban J connectivity index is 1.96. The van der Waals surface area contributed by atoms with Gasteiger partial charge in [-0.3, -0.25) is 9.25 Å². The summed E-state index contributed by atoms with van der Waals surface area (Å²) in [5.74, 6) is -1.01. The first kappa shape index (κ1) is 13.2. The Morgan fingerprint density at radius 2 is 2.24 bits per heavy atom. The fraction of sp³-hybridized carbons (Fsp3) is 0.214. The number of benzene rings is 1. The Labute approximate surface area is 119 Å². The minimum atomic E-state index is -1.01. The smallest absolute Gasteiger partial charge is 0.335 e. The second-order valence-electron chi connectivity index (χ2n) is 4.89. The number of hydrogen-bond donors (Lipinski definition) is 2. The Morgan fingerprint density at radius 3 is 2.90 bits per heavy atom. The maximum absolute atomic E-state index is 12.0. The number of hydrogen-bond acceptors (Lipinski definition) is 3. The third-order valence-electron chi connectivity index (χ3n) is 3.40. The standard InChI is InChI=1S/C14H14N4O3/c1-17-8-9(7-15-17)4-5-18-12-6-10(13(19)20)2-3-11(12)16-14(18)21/h2-3,6-8H,4-5H2,1H3,(H,16,21)(H,19,20). The van der Waals surface area contributed by atoms with Crippen LogP contribution in [0.15, 0.2) is 35.4 Å². The van der Waals surface area contributed by atoms with Crippen molar-refractivity contribution >= 4 is 17.0 Å². The van der Waals surface area contributed by atoms with Gasteiger partial charge in [0.2, 0.25) is 0 Å². The van der Waals surface area contributed by atoms with Crippen LogP contribution in [-0.2, 0) is 20.0 Å². The van der Waals surface area contributed by atoms with E-state index in [0.29, 0.717) is 24.0 Å². The highest BCUT2D eigenvalue weighted by atomic mass is 16.4. The van der Waals surface area contributed by atoms with Gasteiger partial charge in [0.1, 0.15) is 0 Å². The lowest BCUT2D eigenvalue weighted by molar-refractivity contribution is 0.0697. The van der Waals surface area contributed by atoms with Gasteiger partial charge in [-0.05, 0) is 30.2 Å². The number of aromatic amines is 1. The summed E-state index contributed by atoms with van der Waals surface area (Å²) in [5, 5.41) is 13.1. The predicted octanol–water partition coefficient (Wildman–Crippen LogP) is 1.00. The molecule has 2 aromatic heterocycles. The van der Waals surface area contributed by atoms with Crippen molar-refractivity contribution in [2.24, 2.45) is 7.05 Å². The van der Waals surface area contributed by atoms with Crippen molar-refractivity contribution in [2.45, 2.75) is 13.0 Å². The summed E-state index contributed by atoms with van der Waals surface area (Å²) in [5.41, 5.74) is 2.18. The highest BCUT2D eigenvalue weighted by molar-refractivity contribution is 5.92. The van der Waals surface area contributed by atoms with Crippen molar-refractivity contribution in [3.63, 3.8) is 0 Å². The van der Waals surface area contributed by atoms with Crippen LogP contribution in [0.4, 0.5) is 0 Å². The lowest BCUT2D eigenvalue weighted by Crippen LogP contribution is -2.17. The topological polar surface area (TPSA) is 92.9 Å². The van der Waals surface area contributed by atoms with Crippen LogP contribution in [0.5, 0.6) is 0 Å². The van der Waals surface area contributed by atoms with E-state index in [1.54, 1.807) is 21.5 Å². The average Bonchev–Trinajstić information content (AvgIpc) is 2.98. The molecule has 0 aliphatic heterocycles. The quantitative estimate of drug-likeness (QED) is 0.748. The van der Waals surface area contributed by atoms with E-state index in [9.17, 15) is 9.59 Å². The van der Waals surface area contributed by atoms with Crippen LogP contribution in [0, 0.1) is 0 Å². The fourth-order valence-corrected chi connectivity index (χ4v) is 2.35. The number of carboxylic acid groups (broad SMARTS) is 1. The first-order valence-electron chi connectivity index (χ1n) is 6.48. The number of aromatic nitrogens is 4. The van der Waals surface area contributed by atoms with Crippen LogP contribution < -0.4 is 5.69 Å². The molecule has 0 unspecified atom stereocenters. The van der Waals surface area contributed by atoms with Gasteiger partial charge in [0.15, 0.2) is 0 Å². The molecular formula is C14H14N4O3. The Morgan fingerprint density at radius 1 is 1.43 bits per heavy atom. The molecule has 2 N–H and O–H groups in total. The zero-order valence-corrected chi connectivity index (χ0v) is 11.4. The van der Waals surface area contributed by atoms with Gasteiger partial charge in [-0.2, -0.15) is 5.10 Å². The molecule has 0 fully saturated rings. The van der Waals surface area contributed by atoms with Crippen molar-refractivity contribution in [2.75, 3.05) is 0 Å². The van der Waals surface area contributed by atoms with Crippen molar-refractivity contribution in [1.82, 2.24) is 19.3 Å². The Hall–Kier alpha value is -2.83. The van der Waals surface area contributed by atoms with Crippen molar-refractivity contribution in [3.8, 4) is 0 Å². The fourth-order valence-electron chi connectivity index (χ4n) is 2.35. The van der Waals surface area contributed by atoms with E-state index in [-0.39, 0.29) is 11.3 Å². The molecular weight excluding hydrogens is 272 g/mol. The molecule has 0 atom stereocenters. The number of H-pyrrole nitrogens is 1. The number of nitrogens with zero attached hydrogens (tertiary/aromatic N) is 3. The highest BCUT2D eigenvalue weighted by Gasteiger charge is 2.10. The number of aromatic carboxylic acids is 1. The molecule has 21 heavy (non-hydrogen) atoms. The van der Waals surface area contributed by atoms with Crippen LogP contribution in [0.3, 0.4) is 0 Å². The molecule has 0 amide bonds. The number of imidazole rings is 1. The normalized spacial score (nSPS) is 11.1. The minimum absolute atomic E-state index is 0.164. The first-order valence-corrected chi connectivity index (χ1v) is 6.48. The zero-order chi connectivity index (χ0) is 15.0. The zero-order valence-electron chi connectivity index (χ0n) is 11.4. The van der Waals surface area contributed by atoms with E-state index in [2.05, 4.69) is 10.1 Å². The van der Waals surface area contributed by atoms with Gasteiger partial charge < -0.3 is 10.1 Å². The van der Waals surface area contributed by atoms with E-state index in [1.807, 2.05) is 13.2 Å². The largest absolute Gasteiger partial charge is 0.478 e. The molecule has 0 bridgehead atoms. The van der Waals surface area contributed by atoms with E-state index < -0.39 is 5.97 Å². The Bertz CT molecular complexity index is 872. The van der Waals surface area contributed by atoms with Crippen LogP contribution >= 0.6 is 0 Å². The second kappa shape index (κ2) is 4.93. The Kier molecular flexibility index (Phi) is 3.09. The molecule has 0 radical (unpaired) electrons. The number of carbonyl (C=O) groups is 1. The van der Waals surface area contributed by atoms with Crippen LogP contribution in [0.25, 0.3) is 11.0 Å². The summed E-state index contributed by atoms with van der Waals surface area (Å²) in [6.07, 6.45) is 4.29. The van der Waals surface area contributed by atoms with E-state index >= 15 is 0 Å². The summed E-state index contributed by atoms with van der Waals surface area (Å²) < 4.78 is 3.25. The number of aryl methyl sites for hydroxylation is 3. The molecule has 3 aromatic rings. The van der Waals surface area contributed by atoms with Crippen LogP contribution in [0.1, 0.15) is 15.9 Å². The molecule has 0 spiro atoms. The molecule has 3 rings (SSSR count). The number of carboxylic acids is 1. The van der Waals surface area contributed by atoms with Gasteiger partial charge in [0, 0.05) is 19.8 Å². The molecule has 0 saturated heterocycles. The lowest BCUT2D eigenvalue weighted by Gasteiger charge is -2.02. The molecule has 2 heterocycles. The van der Waals surface area contributed by atoms with Gasteiger partial charge >= 0.3 is 11.7 Å². The number of fused-ring (bicyclic) bond motifs is 1. The second-order valence-corrected chi connectivity index (χ2v) is 4.89. The summed E-state index contributed by atoms with van der Waals surface area (Å²) in [4.78, 5) is 25.7. The van der Waals surface area contributed by atoms with Gasteiger partial charge in [0.25, 0.3) is 0 Å². The molecule has 0 aliphatic carbocycles. The molecule has 0 saturated carbocycles. The van der Waals surface area contributed by atoms with Gasteiger partial charge in [-0.1, -0.05) is 0 Å². The molecule has 7 heteroatoms. The molecule has 1 aromatic carbocycles. The average molecular weight is 286 g/mol. The van der Waals surface area contributed by atoms with Gasteiger partial charge in [-0.15, -0.1) is 0 Å². The van der Waals surface area contributed by atoms with Crippen LogP contribution in [-0.4, -0.2) is 30.4 Å². The van der Waals surface area contributed by atoms with E-state index in [1.165, 1.54) is 12.1 Å². The summed E-state index contributed by atoms with van der Waals surface area (Å²) in [6, 6.07) is 4.60. The highest BCUT2D eigenvalue weighted by Crippen LogP contribution is 2.14. The predicted molar refractivity (Wildman–Crippen MR) is 76.4 cm³/mol. The minimum Gasteiger partial charge on any atom is -0.478 e. The third-order valence-corrected chi connectivity index (χ3v) is 3.40. The lowest BCUT2D eigenvalue weighted by atomic mass is 10.2. The molecule has 7 nitrogen and oxygen atoms in total. The molecule has 108 valence electrons. The molecule has 0 aliphatic rings. The van der Waals surface area contributed by atoms with Crippen LogP contribution in [0.2, 0.25) is 0 Å². The SMILES string of the molecule is Cn1cc(CCn2c(=O)[nH]c3ccc(C(=O)O)cc32)cn1. The maximum Gasteiger partial charge on any atom is 0.335 e.